The van der Waals surface area contributed by atoms with Gasteiger partial charge in [-0.1, -0.05) is 19.1 Å². The highest BCUT2D eigenvalue weighted by Crippen LogP contribution is 2.22. The number of anilines is 1. The number of sulfone groups is 1. The Kier molecular flexibility index (Phi) is 5.41. The summed E-state index contributed by atoms with van der Waals surface area (Å²) in [4.78, 5) is 24.5. The maximum absolute atomic E-state index is 12.3. The lowest BCUT2D eigenvalue weighted by atomic mass is 10.1. The van der Waals surface area contributed by atoms with Crippen LogP contribution in [0, 0.1) is 5.92 Å². The van der Waals surface area contributed by atoms with Crippen LogP contribution in [0.1, 0.15) is 37.0 Å². The summed E-state index contributed by atoms with van der Waals surface area (Å²) in [5.74, 6) is -1.24. The van der Waals surface area contributed by atoms with Crippen LogP contribution >= 0.6 is 0 Å². The molecule has 1 heterocycles. The molecule has 0 aromatic heterocycles. The van der Waals surface area contributed by atoms with Crippen molar-refractivity contribution in [1.29, 1.82) is 0 Å². The molecule has 7 heteroatoms. The summed E-state index contributed by atoms with van der Waals surface area (Å²) in [6.45, 7) is 3.88. The van der Waals surface area contributed by atoms with Crippen LogP contribution < -0.4 is 10.6 Å². The fourth-order valence-corrected chi connectivity index (χ4v) is 4.17. The van der Waals surface area contributed by atoms with Gasteiger partial charge in [-0.25, -0.2) is 8.42 Å². The number of amides is 2. The number of rotatable bonds is 5. The van der Waals surface area contributed by atoms with Crippen LogP contribution in [0.4, 0.5) is 5.69 Å². The van der Waals surface area contributed by atoms with Gasteiger partial charge < -0.3 is 10.6 Å². The van der Waals surface area contributed by atoms with Gasteiger partial charge in [-0.2, -0.15) is 0 Å². The molecule has 2 rings (SSSR count). The first-order valence-corrected chi connectivity index (χ1v) is 9.55. The maximum atomic E-state index is 12.3. The van der Waals surface area contributed by atoms with Crippen molar-refractivity contribution in [1.82, 2.24) is 5.32 Å². The lowest BCUT2D eigenvalue weighted by molar-refractivity contribution is -0.119. The van der Waals surface area contributed by atoms with Gasteiger partial charge in [0.1, 0.15) is 0 Å². The van der Waals surface area contributed by atoms with E-state index in [1.807, 2.05) is 13.8 Å². The van der Waals surface area contributed by atoms with Gasteiger partial charge in [-0.05, 0) is 31.9 Å². The zero-order chi connectivity index (χ0) is 17.0. The molecule has 1 fully saturated rings. The average Bonchev–Trinajstić information content (AvgIpc) is 2.87. The number of benzene rings is 1. The van der Waals surface area contributed by atoms with Gasteiger partial charge in [0, 0.05) is 6.04 Å². The van der Waals surface area contributed by atoms with E-state index in [4.69, 9.17) is 0 Å². The van der Waals surface area contributed by atoms with E-state index in [1.54, 1.807) is 24.3 Å². The number of para-hydroxylation sites is 1. The first-order valence-electron chi connectivity index (χ1n) is 7.73. The van der Waals surface area contributed by atoms with Crippen LogP contribution in [0.2, 0.25) is 0 Å². The molecule has 2 atom stereocenters. The standard InChI is InChI=1S/C16H22N2O4S/c1-3-11(2)17-16(20)13-6-4-5-7-14(13)18-15(19)12-8-9-23(21,22)10-12/h4-7,11-12H,3,8-10H2,1-2H3,(H,17,20)(H,18,19). The third-order valence-electron chi connectivity index (χ3n) is 4.02. The van der Waals surface area contributed by atoms with E-state index in [9.17, 15) is 18.0 Å². The molecule has 0 bridgehead atoms. The first-order chi connectivity index (χ1) is 10.8. The van der Waals surface area contributed by atoms with Gasteiger partial charge in [0.15, 0.2) is 9.84 Å². The molecular formula is C16H22N2O4S. The molecular weight excluding hydrogens is 316 g/mol. The summed E-state index contributed by atoms with van der Waals surface area (Å²) < 4.78 is 23.0. The van der Waals surface area contributed by atoms with Gasteiger partial charge in [0.25, 0.3) is 5.91 Å². The summed E-state index contributed by atoms with van der Waals surface area (Å²) in [5, 5.41) is 5.55. The Morgan fingerprint density at radius 2 is 2.00 bits per heavy atom. The van der Waals surface area contributed by atoms with Crippen LogP contribution in [0.5, 0.6) is 0 Å². The Morgan fingerprint density at radius 1 is 1.30 bits per heavy atom. The van der Waals surface area contributed by atoms with Crippen molar-refractivity contribution in [2.45, 2.75) is 32.7 Å². The molecule has 2 unspecified atom stereocenters. The second-order valence-corrected chi connectivity index (χ2v) is 8.15. The van der Waals surface area contributed by atoms with Crippen molar-refractivity contribution >= 4 is 27.3 Å². The predicted molar refractivity (Wildman–Crippen MR) is 89.1 cm³/mol. The minimum absolute atomic E-state index is 0.0335. The SMILES string of the molecule is CCC(C)NC(=O)c1ccccc1NC(=O)C1CCS(=O)(=O)C1. The van der Waals surface area contributed by atoms with Crippen molar-refractivity contribution < 1.29 is 18.0 Å². The highest BCUT2D eigenvalue weighted by Gasteiger charge is 2.33. The van der Waals surface area contributed by atoms with Gasteiger partial charge in [-0.3, -0.25) is 9.59 Å². The topological polar surface area (TPSA) is 92.3 Å². The van der Waals surface area contributed by atoms with E-state index in [2.05, 4.69) is 10.6 Å². The molecule has 2 N–H and O–H groups in total. The van der Waals surface area contributed by atoms with E-state index < -0.39 is 15.8 Å². The number of hydrogen-bond acceptors (Lipinski definition) is 4. The molecule has 1 aromatic rings. The van der Waals surface area contributed by atoms with E-state index in [0.29, 0.717) is 17.7 Å². The largest absolute Gasteiger partial charge is 0.350 e. The summed E-state index contributed by atoms with van der Waals surface area (Å²) >= 11 is 0. The normalized spacial score (nSPS) is 20.7. The Hall–Kier alpha value is -1.89. The van der Waals surface area contributed by atoms with Crippen LogP contribution in [0.15, 0.2) is 24.3 Å². The summed E-state index contributed by atoms with van der Waals surface area (Å²) in [6.07, 6.45) is 1.13. The van der Waals surface area contributed by atoms with Gasteiger partial charge in [0.2, 0.25) is 5.91 Å². The Labute approximate surface area is 136 Å². The van der Waals surface area contributed by atoms with Crippen LogP contribution in [-0.2, 0) is 14.6 Å². The molecule has 0 saturated carbocycles. The van der Waals surface area contributed by atoms with Crippen molar-refractivity contribution in [2.75, 3.05) is 16.8 Å². The molecule has 23 heavy (non-hydrogen) atoms. The third kappa shape index (κ3) is 4.54. The van der Waals surface area contributed by atoms with E-state index >= 15 is 0 Å². The Balaban J connectivity index is 2.11. The highest BCUT2D eigenvalue weighted by molar-refractivity contribution is 7.91. The lowest BCUT2D eigenvalue weighted by Gasteiger charge is -2.15. The molecule has 0 spiro atoms. The van der Waals surface area contributed by atoms with Crippen LogP contribution in [0.25, 0.3) is 0 Å². The lowest BCUT2D eigenvalue weighted by Crippen LogP contribution is -2.33. The number of carbonyl (C=O) groups is 2. The van der Waals surface area contributed by atoms with Gasteiger partial charge in [0.05, 0.1) is 28.7 Å². The fourth-order valence-electron chi connectivity index (χ4n) is 2.43. The molecule has 1 saturated heterocycles. The van der Waals surface area contributed by atoms with E-state index in [-0.39, 0.29) is 29.4 Å². The molecule has 1 aliphatic heterocycles. The van der Waals surface area contributed by atoms with Gasteiger partial charge in [-0.15, -0.1) is 0 Å². The third-order valence-corrected chi connectivity index (χ3v) is 5.79. The zero-order valence-corrected chi connectivity index (χ0v) is 14.2. The number of carbonyl (C=O) groups excluding carboxylic acids is 2. The fraction of sp³-hybridized carbons (Fsp3) is 0.500. The molecule has 0 radical (unpaired) electrons. The molecule has 6 nitrogen and oxygen atoms in total. The predicted octanol–water partition coefficient (Wildman–Crippen LogP) is 1.59. The average molecular weight is 338 g/mol. The molecule has 2 amide bonds. The second-order valence-electron chi connectivity index (χ2n) is 5.92. The zero-order valence-electron chi connectivity index (χ0n) is 13.3. The van der Waals surface area contributed by atoms with Crippen molar-refractivity contribution in [3.63, 3.8) is 0 Å². The highest BCUT2D eigenvalue weighted by atomic mass is 32.2. The first kappa shape index (κ1) is 17.5. The summed E-state index contributed by atoms with van der Waals surface area (Å²) in [5.41, 5.74) is 0.782. The van der Waals surface area contributed by atoms with Crippen molar-refractivity contribution in [2.24, 2.45) is 5.92 Å². The van der Waals surface area contributed by atoms with Crippen molar-refractivity contribution in [3.05, 3.63) is 29.8 Å². The quantitative estimate of drug-likeness (QED) is 0.853. The monoisotopic (exact) mass is 338 g/mol. The Bertz CT molecular complexity index is 700. The Morgan fingerprint density at radius 3 is 2.61 bits per heavy atom. The van der Waals surface area contributed by atoms with Crippen LogP contribution in [0.3, 0.4) is 0 Å². The summed E-state index contributed by atoms with van der Waals surface area (Å²) in [7, 11) is -3.12. The molecule has 126 valence electrons. The van der Waals surface area contributed by atoms with Crippen LogP contribution in [-0.4, -0.2) is 37.8 Å². The molecule has 1 aliphatic rings. The minimum atomic E-state index is -3.12. The van der Waals surface area contributed by atoms with Crippen molar-refractivity contribution in [3.8, 4) is 0 Å². The minimum Gasteiger partial charge on any atom is -0.350 e. The summed E-state index contributed by atoms with van der Waals surface area (Å²) in [6, 6.07) is 6.76. The molecule has 1 aromatic carbocycles. The van der Waals surface area contributed by atoms with E-state index in [0.717, 1.165) is 6.42 Å². The second kappa shape index (κ2) is 7.12. The smallest absolute Gasteiger partial charge is 0.253 e. The molecule has 0 aliphatic carbocycles. The van der Waals surface area contributed by atoms with E-state index in [1.165, 1.54) is 0 Å². The maximum Gasteiger partial charge on any atom is 0.253 e. The van der Waals surface area contributed by atoms with Gasteiger partial charge >= 0.3 is 0 Å². The number of hydrogen-bond donors (Lipinski definition) is 2. The number of nitrogens with one attached hydrogen (secondary N) is 2.